The van der Waals surface area contributed by atoms with Gasteiger partial charge in [0.05, 0.1) is 0 Å². The van der Waals surface area contributed by atoms with Gasteiger partial charge < -0.3 is 14.7 Å². The lowest BCUT2D eigenvalue weighted by molar-refractivity contribution is -0.118. The zero-order valence-electron chi connectivity index (χ0n) is 12.6. The van der Waals surface area contributed by atoms with Crippen LogP contribution >= 0.6 is 0 Å². The van der Waals surface area contributed by atoms with Crippen molar-refractivity contribution in [3.63, 3.8) is 0 Å². The summed E-state index contributed by atoms with van der Waals surface area (Å²) in [5.41, 5.74) is 1.08. The lowest BCUT2D eigenvalue weighted by Crippen LogP contribution is -2.46. The van der Waals surface area contributed by atoms with Crippen LogP contribution < -0.4 is 9.80 Å². The van der Waals surface area contributed by atoms with Crippen LogP contribution in [0.3, 0.4) is 0 Å². The van der Waals surface area contributed by atoms with Gasteiger partial charge in [-0.15, -0.1) is 0 Å². The van der Waals surface area contributed by atoms with Crippen molar-refractivity contribution in [2.75, 3.05) is 43.0 Å². The van der Waals surface area contributed by atoms with Crippen molar-refractivity contribution in [1.82, 2.24) is 14.9 Å². The summed E-state index contributed by atoms with van der Waals surface area (Å²) in [6.45, 7) is 3.06. The molecule has 1 aliphatic rings. The first-order chi connectivity index (χ1) is 10.8. The Morgan fingerprint density at radius 1 is 1.09 bits per heavy atom. The molecule has 1 fully saturated rings. The molecule has 1 aromatic carbocycles. The summed E-state index contributed by atoms with van der Waals surface area (Å²) in [6.07, 6.45) is 2.50. The maximum atomic E-state index is 10.8. The van der Waals surface area contributed by atoms with Crippen LogP contribution in [0, 0.1) is 0 Å². The van der Waals surface area contributed by atoms with Crippen LogP contribution in [0.4, 0.5) is 17.3 Å². The average Bonchev–Trinajstić information content (AvgIpc) is 2.62. The maximum Gasteiger partial charge on any atom is 0.209 e. The number of hydrogen-bond donors (Lipinski definition) is 0. The Hall–Kier alpha value is -2.63. The van der Waals surface area contributed by atoms with Crippen molar-refractivity contribution in [3.05, 3.63) is 42.7 Å². The Kier molecular flexibility index (Phi) is 4.18. The van der Waals surface area contributed by atoms with Gasteiger partial charge in [-0.25, -0.2) is 9.97 Å². The molecule has 0 aliphatic carbocycles. The summed E-state index contributed by atoms with van der Waals surface area (Å²) in [7, 11) is 1.99. The van der Waals surface area contributed by atoms with E-state index in [9.17, 15) is 4.79 Å². The molecule has 0 N–H and O–H groups in total. The number of aromatic nitrogens is 2. The zero-order valence-corrected chi connectivity index (χ0v) is 12.6. The van der Waals surface area contributed by atoms with E-state index in [-0.39, 0.29) is 0 Å². The molecule has 1 amide bonds. The van der Waals surface area contributed by atoms with E-state index in [1.807, 2.05) is 48.3 Å². The molecule has 0 atom stereocenters. The first-order valence-corrected chi connectivity index (χ1v) is 7.33. The number of piperazine rings is 1. The number of nitrogens with zero attached hydrogens (tertiary/aromatic N) is 5. The zero-order chi connectivity index (χ0) is 15.4. The molecule has 0 spiro atoms. The number of hydrogen-bond acceptors (Lipinski definition) is 5. The van der Waals surface area contributed by atoms with Crippen molar-refractivity contribution in [2.45, 2.75) is 0 Å². The number of anilines is 3. The highest BCUT2D eigenvalue weighted by atomic mass is 16.1. The average molecular weight is 297 g/mol. The van der Waals surface area contributed by atoms with Crippen LogP contribution in [-0.4, -0.2) is 54.5 Å². The van der Waals surface area contributed by atoms with E-state index < -0.39 is 0 Å². The topological polar surface area (TPSA) is 52.6 Å². The second kappa shape index (κ2) is 6.43. The van der Waals surface area contributed by atoms with Gasteiger partial charge in [-0.1, -0.05) is 18.2 Å². The van der Waals surface area contributed by atoms with E-state index in [1.54, 1.807) is 11.2 Å². The molecule has 1 aliphatic heterocycles. The number of carbonyl (C=O) groups excluding carboxylic acids is 1. The van der Waals surface area contributed by atoms with Crippen molar-refractivity contribution >= 4 is 23.7 Å². The maximum absolute atomic E-state index is 10.8. The van der Waals surface area contributed by atoms with E-state index in [0.717, 1.165) is 49.9 Å². The predicted molar refractivity (Wildman–Crippen MR) is 86.4 cm³/mol. The minimum absolute atomic E-state index is 0.733. The Morgan fingerprint density at radius 3 is 2.50 bits per heavy atom. The molecule has 1 aromatic heterocycles. The molecule has 6 heteroatoms. The minimum atomic E-state index is 0.733. The monoisotopic (exact) mass is 297 g/mol. The molecular weight excluding hydrogens is 278 g/mol. The lowest BCUT2D eigenvalue weighted by Gasteiger charge is -2.33. The first kappa shape index (κ1) is 14.3. The third-order valence-electron chi connectivity index (χ3n) is 3.91. The van der Waals surface area contributed by atoms with Crippen LogP contribution in [0.2, 0.25) is 0 Å². The Bertz CT molecular complexity index is 625. The van der Waals surface area contributed by atoms with E-state index in [0.29, 0.717) is 0 Å². The van der Waals surface area contributed by atoms with Crippen LogP contribution in [0.1, 0.15) is 0 Å². The standard InChI is InChI=1S/C16H19N5O/c1-19(14-5-3-2-4-6-14)15-11-16(18-12-17-15)21-9-7-20(13-22)8-10-21/h2-6,11-13H,7-10H2,1H3. The number of carbonyl (C=O) groups is 1. The molecule has 114 valence electrons. The van der Waals surface area contributed by atoms with Gasteiger partial charge in [-0.3, -0.25) is 4.79 Å². The predicted octanol–water partition coefficient (Wildman–Crippen LogP) is 1.52. The van der Waals surface area contributed by atoms with Crippen molar-refractivity contribution in [2.24, 2.45) is 0 Å². The van der Waals surface area contributed by atoms with Crippen LogP contribution in [-0.2, 0) is 4.79 Å². The summed E-state index contributed by atoms with van der Waals surface area (Å²) in [4.78, 5) is 25.5. The summed E-state index contributed by atoms with van der Waals surface area (Å²) < 4.78 is 0. The second-order valence-electron chi connectivity index (χ2n) is 5.26. The van der Waals surface area contributed by atoms with Gasteiger partial charge in [0.25, 0.3) is 0 Å². The highest BCUT2D eigenvalue weighted by Gasteiger charge is 2.17. The van der Waals surface area contributed by atoms with Crippen LogP contribution in [0.5, 0.6) is 0 Å². The van der Waals surface area contributed by atoms with Crippen molar-refractivity contribution in [1.29, 1.82) is 0 Å². The minimum Gasteiger partial charge on any atom is -0.353 e. The summed E-state index contributed by atoms with van der Waals surface area (Å²) in [5, 5.41) is 0. The van der Waals surface area contributed by atoms with E-state index in [4.69, 9.17) is 0 Å². The fraction of sp³-hybridized carbons (Fsp3) is 0.312. The molecule has 2 heterocycles. The van der Waals surface area contributed by atoms with Gasteiger partial charge in [0.15, 0.2) is 0 Å². The number of rotatable bonds is 4. The summed E-state index contributed by atoms with van der Waals surface area (Å²) in [5.74, 6) is 1.76. The summed E-state index contributed by atoms with van der Waals surface area (Å²) >= 11 is 0. The quantitative estimate of drug-likeness (QED) is 0.801. The molecule has 2 aromatic rings. The van der Waals surface area contributed by atoms with Gasteiger partial charge in [-0.2, -0.15) is 0 Å². The van der Waals surface area contributed by atoms with Crippen LogP contribution in [0.25, 0.3) is 0 Å². The molecule has 0 radical (unpaired) electrons. The largest absolute Gasteiger partial charge is 0.353 e. The third-order valence-corrected chi connectivity index (χ3v) is 3.91. The van der Waals surface area contributed by atoms with E-state index in [2.05, 4.69) is 14.9 Å². The molecule has 0 saturated carbocycles. The number of para-hydroxylation sites is 1. The molecular formula is C16H19N5O. The van der Waals surface area contributed by atoms with Gasteiger partial charge in [0.1, 0.15) is 18.0 Å². The van der Waals surface area contributed by atoms with Gasteiger partial charge >= 0.3 is 0 Å². The smallest absolute Gasteiger partial charge is 0.209 e. The Labute approximate surface area is 130 Å². The molecule has 0 bridgehead atoms. The molecule has 22 heavy (non-hydrogen) atoms. The fourth-order valence-electron chi connectivity index (χ4n) is 2.53. The van der Waals surface area contributed by atoms with Gasteiger partial charge in [-0.05, 0) is 12.1 Å². The van der Waals surface area contributed by atoms with Gasteiger partial charge in [0.2, 0.25) is 6.41 Å². The normalized spacial score (nSPS) is 14.8. The second-order valence-corrected chi connectivity index (χ2v) is 5.26. The number of amides is 1. The van der Waals surface area contributed by atoms with E-state index in [1.165, 1.54) is 0 Å². The fourth-order valence-corrected chi connectivity index (χ4v) is 2.53. The molecule has 0 unspecified atom stereocenters. The SMILES string of the molecule is CN(c1ccccc1)c1cc(N2CCN(C=O)CC2)ncn1. The van der Waals surface area contributed by atoms with E-state index >= 15 is 0 Å². The highest BCUT2D eigenvalue weighted by molar-refractivity contribution is 5.61. The Balaban J connectivity index is 1.77. The first-order valence-electron chi connectivity index (χ1n) is 7.33. The Morgan fingerprint density at radius 2 is 1.82 bits per heavy atom. The molecule has 3 rings (SSSR count). The molecule has 6 nitrogen and oxygen atoms in total. The summed E-state index contributed by atoms with van der Waals surface area (Å²) in [6, 6.07) is 12.1. The lowest BCUT2D eigenvalue weighted by atomic mass is 10.3. The van der Waals surface area contributed by atoms with Crippen LogP contribution in [0.15, 0.2) is 42.7 Å². The van der Waals surface area contributed by atoms with Crippen molar-refractivity contribution < 1.29 is 4.79 Å². The number of benzene rings is 1. The van der Waals surface area contributed by atoms with Crippen molar-refractivity contribution in [3.8, 4) is 0 Å². The molecule has 1 saturated heterocycles. The highest BCUT2D eigenvalue weighted by Crippen LogP contribution is 2.24. The van der Waals surface area contributed by atoms with Gasteiger partial charge in [0, 0.05) is 45.0 Å². The third kappa shape index (κ3) is 3.00.